The first kappa shape index (κ1) is 19.5. The van der Waals surface area contributed by atoms with E-state index < -0.39 is 5.60 Å². The highest BCUT2D eigenvalue weighted by atomic mass is 16.5. The van der Waals surface area contributed by atoms with Crippen LogP contribution in [0, 0.1) is 6.92 Å². The fraction of sp³-hybridized carbons (Fsp3) is 0.632. The van der Waals surface area contributed by atoms with Gasteiger partial charge in [0, 0.05) is 12.8 Å². The van der Waals surface area contributed by atoms with Crippen molar-refractivity contribution >= 4 is 11.6 Å². The quantitative estimate of drug-likeness (QED) is 0.717. The Hall–Kier alpha value is -1.55. The Morgan fingerprint density at radius 3 is 2.57 bits per heavy atom. The number of unbranched alkanes of at least 4 members (excludes halogenated alkanes) is 1. The Bertz CT molecular complexity index is 515. The highest BCUT2D eigenvalue weighted by Gasteiger charge is 2.32. The van der Waals surface area contributed by atoms with Crippen molar-refractivity contribution in [1.29, 1.82) is 0 Å². The van der Waals surface area contributed by atoms with Crippen LogP contribution >= 0.6 is 0 Å². The SMILES string of the molecule is CCCC[C@](C)(OC)C(=O)Nc1ccc(O[C@@H](C)CC)c(C)c1. The molecule has 1 N–H and O–H groups in total. The molecule has 0 radical (unpaired) electrons. The number of hydrogen-bond acceptors (Lipinski definition) is 3. The Labute approximate surface area is 140 Å². The standard InChI is InChI=1S/C19H31NO3/c1-7-9-12-19(5,22-6)18(21)20-16-10-11-17(14(3)13-16)23-15(4)8-2/h10-11,13,15H,7-9,12H2,1-6H3,(H,20,21)/t15-,19-/m0/s1. The summed E-state index contributed by atoms with van der Waals surface area (Å²) in [4.78, 5) is 12.5. The molecule has 0 saturated carbocycles. The van der Waals surface area contributed by atoms with E-state index in [1.54, 1.807) is 7.11 Å². The van der Waals surface area contributed by atoms with E-state index in [9.17, 15) is 4.79 Å². The van der Waals surface area contributed by atoms with Gasteiger partial charge < -0.3 is 14.8 Å². The van der Waals surface area contributed by atoms with Crippen molar-refractivity contribution in [3.63, 3.8) is 0 Å². The zero-order chi connectivity index (χ0) is 17.5. The van der Waals surface area contributed by atoms with Gasteiger partial charge in [0.25, 0.3) is 5.91 Å². The molecule has 0 aromatic heterocycles. The maximum Gasteiger partial charge on any atom is 0.256 e. The molecular formula is C19H31NO3. The molecule has 0 aliphatic carbocycles. The van der Waals surface area contributed by atoms with Crippen molar-refractivity contribution in [2.45, 2.75) is 72.0 Å². The Morgan fingerprint density at radius 2 is 2.04 bits per heavy atom. The monoisotopic (exact) mass is 321 g/mol. The lowest BCUT2D eigenvalue weighted by atomic mass is 9.97. The molecule has 0 fully saturated rings. The number of rotatable bonds is 9. The predicted octanol–water partition coefficient (Wildman–Crippen LogP) is 4.71. The van der Waals surface area contributed by atoms with Crippen molar-refractivity contribution < 1.29 is 14.3 Å². The normalized spacial score (nSPS) is 14.9. The largest absolute Gasteiger partial charge is 0.490 e. The summed E-state index contributed by atoms with van der Waals surface area (Å²) in [6.45, 7) is 10.1. The molecule has 0 bridgehead atoms. The van der Waals surface area contributed by atoms with Crippen LogP contribution in [-0.4, -0.2) is 24.7 Å². The minimum absolute atomic E-state index is 0.108. The van der Waals surface area contributed by atoms with Gasteiger partial charge in [-0.05, 0) is 57.4 Å². The summed E-state index contributed by atoms with van der Waals surface area (Å²) < 4.78 is 11.3. The van der Waals surface area contributed by atoms with Gasteiger partial charge in [0.15, 0.2) is 0 Å². The lowest BCUT2D eigenvalue weighted by Gasteiger charge is -2.27. The molecule has 0 heterocycles. The van der Waals surface area contributed by atoms with Gasteiger partial charge in [-0.2, -0.15) is 0 Å². The van der Waals surface area contributed by atoms with Crippen LogP contribution in [0.25, 0.3) is 0 Å². The molecule has 0 unspecified atom stereocenters. The van der Waals surface area contributed by atoms with Crippen molar-refractivity contribution in [3.8, 4) is 5.75 Å². The van der Waals surface area contributed by atoms with Crippen LogP contribution in [0.3, 0.4) is 0 Å². The van der Waals surface area contributed by atoms with Crippen LogP contribution in [0.5, 0.6) is 5.75 Å². The number of anilines is 1. The van der Waals surface area contributed by atoms with Crippen molar-refractivity contribution in [2.75, 3.05) is 12.4 Å². The molecule has 0 aliphatic rings. The van der Waals surface area contributed by atoms with E-state index in [1.807, 2.05) is 39.0 Å². The van der Waals surface area contributed by atoms with Gasteiger partial charge in [0.05, 0.1) is 6.10 Å². The third kappa shape index (κ3) is 5.54. The van der Waals surface area contributed by atoms with Crippen LogP contribution in [-0.2, 0) is 9.53 Å². The lowest BCUT2D eigenvalue weighted by Crippen LogP contribution is -2.41. The second-order valence-electron chi connectivity index (χ2n) is 6.31. The van der Waals surface area contributed by atoms with E-state index >= 15 is 0 Å². The summed E-state index contributed by atoms with van der Waals surface area (Å²) in [6, 6.07) is 5.72. The minimum atomic E-state index is -0.796. The number of amides is 1. The molecule has 130 valence electrons. The summed E-state index contributed by atoms with van der Waals surface area (Å²) in [5.41, 5.74) is 0.982. The lowest BCUT2D eigenvalue weighted by molar-refractivity contribution is -0.136. The van der Waals surface area contributed by atoms with Crippen molar-refractivity contribution in [1.82, 2.24) is 0 Å². The van der Waals surface area contributed by atoms with E-state index in [2.05, 4.69) is 19.2 Å². The number of carbonyl (C=O) groups excluding carboxylic acids is 1. The van der Waals surface area contributed by atoms with Gasteiger partial charge in [-0.1, -0.05) is 26.7 Å². The van der Waals surface area contributed by atoms with E-state index in [0.717, 1.165) is 36.3 Å². The highest BCUT2D eigenvalue weighted by Crippen LogP contribution is 2.25. The molecule has 0 saturated heterocycles. The number of hydrogen-bond donors (Lipinski definition) is 1. The maximum absolute atomic E-state index is 12.5. The molecule has 1 amide bonds. The van der Waals surface area contributed by atoms with E-state index in [1.165, 1.54) is 0 Å². The topological polar surface area (TPSA) is 47.6 Å². The number of aryl methyl sites for hydroxylation is 1. The summed E-state index contributed by atoms with van der Waals surface area (Å²) >= 11 is 0. The van der Waals surface area contributed by atoms with E-state index in [0.29, 0.717) is 6.42 Å². The molecule has 0 spiro atoms. The summed E-state index contributed by atoms with van der Waals surface area (Å²) in [6.07, 6.45) is 3.84. The first-order valence-electron chi connectivity index (χ1n) is 8.50. The van der Waals surface area contributed by atoms with Gasteiger partial charge in [-0.25, -0.2) is 0 Å². The molecule has 1 aromatic rings. The summed E-state index contributed by atoms with van der Waals surface area (Å²) in [5, 5.41) is 2.96. The van der Waals surface area contributed by atoms with Gasteiger partial charge in [-0.15, -0.1) is 0 Å². The average molecular weight is 321 g/mol. The van der Waals surface area contributed by atoms with Crippen LogP contribution in [0.15, 0.2) is 18.2 Å². The van der Waals surface area contributed by atoms with Crippen LogP contribution in [0.1, 0.15) is 58.9 Å². The highest BCUT2D eigenvalue weighted by molar-refractivity contribution is 5.97. The van der Waals surface area contributed by atoms with Gasteiger partial charge in [0.1, 0.15) is 11.4 Å². The van der Waals surface area contributed by atoms with Crippen LogP contribution in [0.2, 0.25) is 0 Å². The van der Waals surface area contributed by atoms with Crippen molar-refractivity contribution in [2.24, 2.45) is 0 Å². The van der Waals surface area contributed by atoms with Gasteiger partial charge in [0.2, 0.25) is 0 Å². The molecular weight excluding hydrogens is 290 g/mol. The number of benzene rings is 1. The zero-order valence-electron chi connectivity index (χ0n) is 15.4. The van der Waals surface area contributed by atoms with Gasteiger partial charge in [-0.3, -0.25) is 4.79 Å². The number of ether oxygens (including phenoxy) is 2. The zero-order valence-corrected chi connectivity index (χ0v) is 15.4. The molecule has 23 heavy (non-hydrogen) atoms. The van der Waals surface area contributed by atoms with Crippen LogP contribution < -0.4 is 10.1 Å². The molecule has 4 heteroatoms. The Morgan fingerprint density at radius 1 is 1.35 bits per heavy atom. The fourth-order valence-corrected chi connectivity index (χ4v) is 2.25. The van der Waals surface area contributed by atoms with E-state index in [-0.39, 0.29) is 12.0 Å². The van der Waals surface area contributed by atoms with Crippen molar-refractivity contribution in [3.05, 3.63) is 23.8 Å². The number of carbonyl (C=O) groups is 1. The second kappa shape index (κ2) is 8.92. The second-order valence-corrected chi connectivity index (χ2v) is 6.31. The smallest absolute Gasteiger partial charge is 0.256 e. The summed E-state index contributed by atoms with van der Waals surface area (Å²) in [7, 11) is 1.59. The first-order valence-corrected chi connectivity index (χ1v) is 8.50. The number of methoxy groups -OCH3 is 1. The number of nitrogens with one attached hydrogen (secondary N) is 1. The van der Waals surface area contributed by atoms with Gasteiger partial charge >= 0.3 is 0 Å². The Balaban J connectivity index is 2.80. The van der Waals surface area contributed by atoms with E-state index in [4.69, 9.17) is 9.47 Å². The molecule has 1 aromatic carbocycles. The molecule has 2 atom stereocenters. The summed E-state index contributed by atoms with van der Waals surface area (Å²) in [5.74, 6) is 0.751. The first-order chi connectivity index (χ1) is 10.9. The minimum Gasteiger partial charge on any atom is -0.490 e. The molecule has 4 nitrogen and oxygen atoms in total. The third-order valence-electron chi connectivity index (χ3n) is 4.27. The fourth-order valence-electron chi connectivity index (χ4n) is 2.25. The third-order valence-corrected chi connectivity index (χ3v) is 4.27. The Kier molecular flexibility index (Phi) is 7.56. The predicted molar refractivity (Wildman–Crippen MR) is 95.1 cm³/mol. The maximum atomic E-state index is 12.5. The average Bonchev–Trinajstić information content (AvgIpc) is 2.54. The molecule has 1 rings (SSSR count). The van der Waals surface area contributed by atoms with Crippen LogP contribution in [0.4, 0.5) is 5.69 Å². The molecule has 0 aliphatic heterocycles.